The van der Waals surface area contributed by atoms with Crippen LogP contribution in [0.15, 0.2) is 67.1 Å². The third-order valence-electron chi connectivity index (χ3n) is 7.38. The monoisotopic (exact) mass is 637 g/mol. The highest BCUT2D eigenvalue weighted by molar-refractivity contribution is 5.90. The fourth-order valence-electron chi connectivity index (χ4n) is 5.31. The average molecular weight is 638 g/mol. The number of aliphatic hydroxyl groups is 1. The van der Waals surface area contributed by atoms with E-state index < -0.39 is 17.7 Å². The number of benzene rings is 1. The van der Waals surface area contributed by atoms with Crippen molar-refractivity contribution >= 4 is 29.0 Å². The van der Waals surface area contributed by atoms with Gasteiger partial charge in [0.25, 0.3) is 0 Å². The van der Waals surface area contributed by atoms with E-state index in [2.05, 4.69) is 21.4 Å². The molecule has 3 aliphatic heterocycles. The van der Waals surface area contributed by atoms with Crippen LogP contribution in [0.1, 0.15) is 25.8 Å². The fraction of sp³-hybridized carbons (Fsp3) is 0.323. The molecule has 2 amide bonds. The maximum Gasteiger partial charge on any atom is 0.490 e. The van der Waals surface area contributed by atoms with Crippen molar-refractivity contribution in [1.82, 2.24) is 19.5 Å². The van der Waals surface area contributed by atoms with Crippen LogP contribution >= 0.6 is 0 Å². The zero-order valence-corrected chi connectivity index (χ0v) is 24.8. The number of urea groups is 1. The SMILES string of the molecule is CC(C)(O)COc1cc(-c2ccc(N3CC4CC(C3)N4C(=O)Nc3ccccc3)nc2)c2c(C#N)cnn2c1.O=C(O)C(F)(F)F. The van der Waals surface area contributed by atoms with E-state index in [-0.39, 0.29) is 24.7 Å². The molecule has 1 aromatic carbocycles. The van der Waals surface area contributed by atoms with Crippen LogP contribution in [0.25, 0.3) is 16.6 Å². The van der Waals surface area contributed by atoms with Crippen molar-refractivity contribution in [2.75, 3.05) is 29.9 Å². The van der Waals surface area contributed by atoms with Crippen LogP contribution in [0.4, 0.5) is 29.5 Å². The highest BCUT2D eigenvalue weighted by Crippen LogP contribution is 2.36. The molecule has 3 N–H and O–H groups in total. The van der Waals surface area contributed by atoms with Crippen LogP contribution in [0, 0.1) is 11.3 Å². The third-order valence-corrected chi connectivity index (χ3v) is 7.38. The number of piperidine rings is 1. The van der Waals surface area contributed by atoms with Crippen LogP contribution in [0.2, 0.25) is 0 Å². The van der Waals surface area contributed by atoms with E-state index in [0.29, 0.717) is 16.8 Å². The quantitative estimate of drug-likeness (QED) is 0.276. The normalized spacial score (nSPS) is 17.3. The highest BCUT2D eigenvalue weighted by atomic mass is 19.4. The van der Waals surface area contributed by atoms with Gasteiger partial charge in [-0.3, -0.25) is 0 Å². The van der Waals surface area contributed by atoms with Gasteiger partial charge in [0.1, 0.15) is 24.2 Å². The molecule has 2 bridgehead atoms. The Morgan fingerprint density at radius 3 is 2.35 bits per heavy atom. The second-order valence-corrected chi connectivity index (χ2v) is 11.5. The molecule has 3 saturated heterocycles. The average Bonchev–Trinajstić information content (AvgIpc) is 3.43. The Hall–Kier alpha value is -5.36. The fourth-order valence-corrected chi connectivity index (χ4v) is 5.31. The standard InChI is InChI=1S/C29H29N7O3.C2HF3O2/c1-29(2,38)18-39-24-11-25(27-20(12-30)14-32-35(27)17-24)19-8-9-26(31-13-19)34-15-22-10-23(16-34)36(22)28(37)33-21-6-4-3-5-7-21;3-2(4,5)1(6)7/h3-9,11,13-14,17,22-23,38H,10,15-16,18H2,1-2H3,(H,33,37);(H,6,7). The first-order valence-corrected chi connectivity index (χ1v) is 14.2. The van der Waals surface area contributed by atoms with Crippen molar-refractivity contribution in [2.45, 2.75) is 44.1 Å². The summed E-state index contributed by atoms with van der Waals surface area (Å²) in [5.74, 6) is -1.38. The summed E-state index contributed by atoms with van der Waals surface area (Å²) >= 11 is 0. The maximum absolute atomic E-state index is 12.8. The molecule has 0 spiro atoms. The lowest BCUT2D eigenvalue weighted by molar-refractivity contribution is -0.192. The van der Waals surface area contributed by atoms with Crippen molar-refractivity contribution in [3.63, 3.8) is 0 Å². The van der Waals surface area contributed by atoms with E-state index in [4.69, 9.17) is 19.6 Å². The molecule has 2 atom stereocenters. The minimum absolute atomic E-state index is 0.0600. The smallest absolute Gasteiger partial charge is 0.489 e. The maximum atomic E-state index is 12.8. The number of carbonyl (C=O) groups is 2. The van der Waals surface area contributed by atoms with Gasteiger partial charge in [0.15, 0.2) is 0 Å². The van der Waals surface area contributed by atoms with Gasteiger partial charge in [-0.2, -0.15) is 23.5 Å². The predicted molar refractivity (Wildman–Crippen MR) is 160 cm³/mol. The molecule has 240 valence electrons. The lowest BCUT2D eigenvalue weighted by atomic mass is 9.88. The van der Waals surface area contributed by atoms with Crippen LogP contribution in [-0.4, -0.2) is 85.3 Å². The Bertz CT molecular complexity index is 1750. The molecule has 4 aromatic rings. The number of piperazine rings is 1. The Morgan fingerprint density at radius 1 is 1.11 bits per heavy atom. The van der Waals surface area contributed by atoms with Gasteiger partial charge in [0.05, 0.1) is 41.2 Å². The number of carboxylic acids is 1. The summed E-state index contributed by atoms with van der Waals surface area (Å²) in [5.41, 5.74) is 2.51. The minimum Gasteiger partial charge on any atom is -0.489 e. The van der Waals surface area contributed by atoms with Gasteiger partial charge in [-0.05, 0) is 50.6 Å². The summed E-state index contributed by atoms with van der Waals surface area (Å²) in [4.78, 5) is 30.6. The first-order valence-electron chi connectivity index (χ1n) is 14.2. The van der Waals surface area contributed by atoms with Gasteiger partial charge in [0.2, 0.25) is 0 Å². The molecule has 0 aliphatic carbocycles. The lowest BCUT2D eigenvalue weighted by Gasteiger charge is -2.56. The first-order chi connectivity index (χ1) is 21.7. The zero-order chi connectivity index (χ0) is 33.2. The number of amides is 2. The molecule has 3 aromatic heterocycles. The second-order valence-electron chi connectivity index (χ2n) is 11.5. The number of fused-ring (bicyclic) bond motifs is 3. The Kier molecular flexibility index (Phi) is 8.75. The van der Waals surface area contributed by atoms with E-state index in [1.165, 1.54) is 6.20 Å². The number of anilines is 2. The molecular weight excluding hydrogens is 607 g/mol. The number of halogens is 3. The van der Waals surface area contributed by atoms with Crippen molar-refractivity contribution in [3.8, 4) is 22.9 Å². The number of para-hydroxylation sites is 1. The molecule has 46 heavy (non-hydrogen) atoms. The molecule has 3 fully saturated rings. The van der Waals surface area contributed by atoms with E-state index in [9.17, 15) is 28.3 Å². The topological polar surface area (TPSA) is 156 Å². The van der Waals surface area contributed by atoms with Gasteiger partial charge < -0.3 is 30.1 Å². The van der Waals surface area contributed by atoms with Crippen molar-refractivity contribution in [3.05, 3.63) is 72.7 Å². The molecular formula is C31H30F3N7O5. The molecule has 7 rings (SSSR count). The molecule has 2 unspecified atom stereocenters. The summed E-state index contributed by atoms with van der Waals surface area (Å²) in [6.07, 6.45) is 0.927. The number of carboxylic acid groups (broad SMARTS) is 1. The first kappa shape index (κ1) is 32.0. The minimum atomic E-state index is -5.08. The largest absolute Gasteiger partial charge is 0.490 e. The number of nitrogens with one attached hydrogen (secondary N) is 1. The predicted octanol–water partition coefficient (Wildman–Crippen LogP) is 4.55. The van der Waals surface area contributed by atoms with Gasteiger partial charge in [-0.15, -0.1) is 0 Å². The number of aromatic nitrogens is 3. The van der Waals surface area contributed by atoms with Gasteiger partial charge >= 0.3 is 18.2 Å². The van der Waals surface area contributed by atoms with Crippen LogP contribution in [0.5, 0.6) is 5.75 Å². The molecule has 12 nitrogen and oxygen atoms in total. The van der Waals surface area contributed by atoms with Crippen LogP contribution in [-0.2, 0) is 4.79 Å². The van der Waals surface area contributed by atoms with Crippen molar-refractivity contribution in [1.29, 1.82) is 5.26 Å². The Labute approximate surface area is 261 Å². The van der Waals surface area contributed by atoms with E-state index in [1.807, 2.05) is 53.4 Å². The number of ether oxygens (including phenoxy) is 1. The van der Waals surface area contributed by atoms with Crippen molar-refractivity contribution in [2.24, 2.45) is 0 Å². The number of hydrogen-bond acceptors (Lipinski definition) is 8. The summed E-state index contributed by atoms with van der Waals surface area (Å²) < 4.78 is 39.2. The number of rotatable bonds is 6. The van der Waals surface area contributed by atoms with E-state index in [1.54, 1.807) is 30.8 Å². The number of alkyl halides is 3. The van der Waals surface area contributed by atoms with Gasteiger partial charge in [-0.1, -0.05) is 18.2 Å². The van der Waals surface area contributed by atoms with Gasteiger partial charge in [0, 0.05) is 36.1 Å². The highest BCUT2D eigenvalue weighted by Gasteiger charge is 2.47. The number of nitrogens with zero attached hydrogens (tertiary/aromatic N) is 6. The summed E-state index contributed by atoms with van der Waals surface area (Å²) in [6, 6.07) is 17.7. The van der Waals surface area contributed by atoms with Crippen LogP contribution < -0.4 is 15.0 Å². The molecule has 3 aliphatic rings. The lowest BCUT2D eigenvalue weighted by Crippen LogP contribution is -2.71. The summed E-state index contributed by atoms with van der Waals surface area (Å²) in [5, 5.41) is 34.2. The number of aliphatic carboxylic acids is 1. The molecule has 0 saturated carbocycles. The summed E-state index contributed by atoms with van der Waals surface area (Å²) in [6.45, 7) is 4.90. The van der Waals surface area contributed by atoms with Gasteiger partial charge in [-0.25, -0.2) is 19.1 Å². The third kappa shape index (κ3) is 7.13. The molecule has 15 heteroatoms. The summed E-state index contributed by atoms with van der Waals surface area (Å²) in [7, 11) is 0. The molecule has 0 radical (unpaired) electrons. The Balaban J connectivity index is 0.000000537. The zero-order valence-electron chi connectivity index (χ0n) is 24.8. The number of pyridine rings is 2. The number of nitriles is 1. The number of carbonyl (C=O) groups excluding carboxylic acids is 1. The molecule has 6 heterocycles. The Morgan fingerprint density at radius 2 is 1.78 bits per heavy atom. The van der Waals surface area contributed by atoms with E-state index in [0.717, 1.165) is 42.1 Å². The number of hydrogen-bond donors (Lipinski definition) is 3. The van der Waals surface area contributed by atoms with Crippen molar-refractivity contribution < 1.29 is 37.7 Å². The second kappa shape index (κ2) is 12.6. The van der Waals surface area contributed by atoms with Crippen LogP contribution in [0.3, 0.4) is 0 Å². The van der Waals surface area contributed by atoms with E-state index >= 15 is 0 Å².